The zero-order chi connectivity index (χ0) is 14.4. The van der Waals surface area contributed by atoms with Crippen LogP contribution in [0.4, 0.5) is 5.82 Å². The van der Waals surface area contributed by atoms with Crippen LogP contribution in [0, 0.1) is 20.8 Å². The maximum Gasteiger partial charge on any atom is 0.326 e. The van der Waals surface area contributed by atoms with Crippen LogP contribution in [0.3, 0.4) is 0 Å². The first kappa shape index (κ1) is 13.3. The minimum atomic E-state index is -0.767. The van der Waals surface area contributed by atoms with Crippen molar-refractivity contribution >= 4 is 33.3 Å². The number of anilines is 1. The summed E-state index contributed by atoms with van der Waals surface area (Å²) in [6.07, 6.45) is 1.58. The molecule has 6 heteroatoms. The van der Waals surface area contributed by atoms with Gasteiger partial charge < -0.3 is 10.0 Å². The van der Waals surface area contributed by atoms with Crippen LogP contribution in [-0.4, -0.2) is 33.6 Å². The number of fused-ring (bicyclic) bond motifs is 1. The summed E-state index contributed by atoms with van der Waals surface area (Å²) in [5, 5.41) is 10.4. The number of aryl methyl sites for hydroxylation is 3. The molecule has 0 spiro atoms. The van der Waals surface area contributed by atoms with Gasteiger partial charge in [-0.15, -0.1) is 11.3 Å². The molecule has 3 rings (SSSR count). The molecule has 2 aromatic heterocycles. The standard InChI is InChI=1S/C14H17N3O2S/c1-7-8(2)20-13-11(7)12(15-9(3)16-13)17-6-4-5-10(17)14(18)19/h10H,4-6H2,1-3H3,(H,18,19). The van der Waals surface area contributed by atoms with E-state index in [0.717, 1.165) is 34.6 Å². The zero-order valence-corrected chi connectivity index (χ0v) is 12.6. The van der Waals surface area contributed by atoms with Gasteiger partial charge >= 0.3 is 5.97 Å². The predicted octanol–water partition coefficient (Wildman–Crippen LogP) is 2.67. The first-order chi connectivity index (χ1) is 9.49. The van der Waals surface area contributed by atoms with E-state index in [1.54, 1.807) is 11.3 Å². The number of nitrogens with zero attached hydrogens (tertiary/aromatic N) is 3. The van der Waals surface area contributed by atoms with Gasteiger partial charge in [-0.25, -0.2) is 14.8 Å². The Balaban J connectivity index is 2.22. The lowest BCUT2D eigenvalue weighted by atomic mass is 10.2. The third kappa shape index (κ3) is 1.95. The Morgan fingerprint density at radius 1 is 1.35 bits per heavy atom. The molecule has 1 N–H and O–H groups in total. The summed E-state index contributed by atoms with van der Waals surface area (Å²) in [6, 6.07) is -0.466. The van der Waals surface area contributed by atoms with Crippen LogP contribution in [0.1, 0.15) is 29.1 Å². The molecule has 0 aromatic carbocycles. The van der Waals surface area contributed by atoms with E-state index in [2.05, 4.69) is 23.8 Å². The fourth-order valence-corrected chi connectivity index (χ4v) is 3.89. The van der Waals surface area contributed by atoms with Gasteiger partial charge in [-0.1, -0.05) is 0 Å². The lowest BCUT2D eigenvalue weighted by Gasteiger charge is -2.23. The van der Waals surface area contributed by atoms with Crippen molar-refractivity contribution in [3.8, 4) is 0 Å². The Labute approximate surface area is 121 Å². The van der Waals surface area contributed by atoms with E-state index < -0.39 is 12.0 Å². The Kier molecular flexibility index (Phi) is 3.12. The highest BCUT2D eigenvalue weighted by Crippen LogP contribution is 2.37. The smallest absolute Gasteiger partial charge is 0.326 e. The largest absolute Gasteiger partial charge is 0.480 e. The number of carboxylic acids is 1. The SMILES string of the molecule is Cc1nc(N2CCCC2C(=O)O)c2c(C)c(C)sc2n1. The quantitative estimate of drug-likeness (QED) is 0.921. The summed E-state index contributed by atoms with van der Waals surface area (Å²) >= 11 is 1.65. The van der Waals surface area contributed by atoms with Gasteiger partial charge in [0.25, 0.3) is 0 Å². The van der Waals surface area contributed by atoms with E-state index in [1.807, 2.05) is 11.8 Å². The molecule has 1 unspecified atom stereocenters. The van der Waals surface area contributed by atoms with E-state index in [9.17, 15) is 9.90 Å². The molecule has 0 radical (unpaired) electrons. The number of hydrogen-bond donors (Lipinski definition) is 1. The molecule has 1 fully saturated rings. The van der Waals surface area contributed by atoms with Gasteiger partial charge in [0.2, 0.25) is 0 Å². The van der Waals surface area contributed by atoms with Crippen molar-refractivity contribution < 1.29 is 9.90 Å². The van der Waals surface area contributed by atoms with Crippen LogP contribution in [0.15, 0.2) is 0 Å². The van der Waals surface area contributed by atoms with E-state index in [1.165, 1.54) is 4.88 Å². The summed E-state index contributed by atoms with van der Waals surface area (Å²) < 4.78 is 0. The van der Waals surface area contributed by atoms with Gasteiger partial charge in [-0.05, 0) is 39.2 Å². The van der Waals surface area contributed by atoms with Crippen molar-refractivity contribution in [2.24, 2.45) is 0 Å². The van der Waals surface area contributed by atoms with E-state index >= 15 is 0 Å². The van der Waals surface area contributed by atoms with Gasteiger partial charge in [0.1, 0.15) is 22.5 Å². The molecule has 1 aliphatic rings. The number of rotatable bonds is 2. The van der Waals surface area contributed by atoms with Crippen molar-refractivity contribution in [2.45, 2.75) is 39.7 Å². The van der Waals surface area contributed by atoms with E-state index in [4.69, 9.17) is 0 Å². The maximum absolute atomic E-state index is 11.4. The molecule has 20 heavy (non-hydrogen) atoms. The van der Waals surface area contributed by atoms with Crippen LogP contribution < -0.4 is 4.90 Å². The maximum atomic E-state index is 11.4. The number of carbonyl (C=O) groups is 1. The second kappa shape index (κ2) is 4.70. The van der Waals surface area contributed by atoms with Gasteiger partial charge in [0.05, 0.1) is 5.39 Å². The third-order valence-electron chi connectivity index (χ3n) is 3.93. The highest BCUT2D eigenvalue weighted by atomic mass is 32.1. The minimum absolute atomic E-state index is 0.466. The number of hydrogen-bond acceptors (Lipinski definition) is 5. The van der Waals surface area contributed by atoms with Gasteiger partial charge in [-0.3, -0.25) is 0 Å². The Morgan fingerprint density at radius 3 is 2.80 bits per heavy atom. The topological polar surface area (TPSA) is 66.3 Å². The average molecular weight is 291 g/mol. The molecule has 3 heterocycles. The van der Waals surface area contributed by atoms with Gasteiger partial charge in [0.15, 0.2) is 0 Å². The first-order valence-corrected chi connectivity index (χ1v) is 7.54. The van der Waals surface area contributed by atoms with Gasteiger partial charge in [0, 0.05) is 11.4 Å². The molecule has 0 saturated carbocycles. The molecule has 5 nitrogen and oxygen atoms in total. The zero-order valence-electron chi connectivity index (χ0n) is 11.8. The molecule has 0 amide bonds. The molecule has 0 bridgehead atoms. The predicted molar refractivity (Wildman–Crippen MR) is 79.6 cm³/mol. The highest BCUT2D eigenvalue weighted by Gasteiger charge is 2.33. The lowest BCUT2D eigenvalue weighted by molar-refractivity contribution is -0.138. The fraction of sp³-hybridized carbons (Fsp3) is 0.500. The Bertz CT molecular complexity index is 695. The number of aromatic nitrogens is 2. The summed E-state index contributed by atoms with van der Waals surface area (Å²) in [7, 11) is 0. The highest BCUT2D eigenvalue weighted by molar-refractivity contribution is 7.18. The van der Waals surface area contributed by atoms with Crippen LogP contribution in [0.2, 0.25) is 0 Å². The van der Waals surface area contributed by atoms with Crippen molar-refractivity contribution in [2.75, 3.05) is 11.4 Å². The second-order valence-corrected chi connectivity index (χ2v) is 6.45. The molecular weight excluding hydrogens is 274 g/mol. The molecule has 1 aliphatic heterocycles. The summed E-state index contributed by atoms with van der Waals surface area (Å²) in [5.74, 6) is 0.723. The monoisotopic (exact) mass is 291 g/mol. The lowest BCUT2D eigenvalue weighted by Crippen LogP contribution is -2.36. The first-order valence-electron chi connectivity index (χ1n) is 6.73. The van der Waals surface area contributed by atoms with Crippen LogP contribution >= 0.6 is 11.3 Å². The van der Waals surface area contributed by atoms with Crippen LogP contribution in [-0.2, 0) is 4.79 Å². The van der Waals surface area contributed by atoms with Crippen molar-refractivity contribution in [1.82, 2.24) is 9.97 Å². The number of aliphatic carboxylic acids is 1. The van der Waals surface area contributed by atoms with Crippen LogP contribution in [0.25, 0.3) is 10.2 Å². The fourth-order valence-electron chi connectivity index (χ4n) is 2.82. The van der Waals surface area contributed by atoms with E-state index in [0.29, 0.717) is 12.2 Å². The molecule has 106 valence electrons. The minimum Gasteiger partial charge on any atom is -0.480 e. The average Bonchev–Trinajstić information content (AvgIpc) is 2.95. The second-order valence-electron chi connectivity index (χ2n) is 5.25. The van der Waals surface area contributed by atoms with Gasteiger partial charge in [-0.2, -0.15) is 0 Å². The summed E-state index contributed by atoms with van der Waals surface area (Å²) in [6.45, 7) is 6.73. The summed E-state index contributed by atoms with van der Waals surface area (Å²) in [4.78, 5) is 24.6. The Morgan fingerprint density at radius 2 is 2.10 bits per heavy atom. The summed E-state index contributed by atoms with van der Waals surface area (Å²) in [5.41, 5.74) is 1.16. The van der Waals surface area contributed by atoms with E-state index in [-0.39, 0.29) is 0 Å². The molecule has 2 aromatic rings. The molecular formula is C14H17N3O2S. The molecule has 1 saturated heterocycles. The van der Waals surface area contributed by atoms with Crippen molar-refractivity contribution in [3.63, 3.8) is 0 Å². The third-order valence-corrected chi connectivity index (χ3v) is 5.03. The molecule has 1 atom stereocenters. The molecule has 0 aliphatic carbocycles. The normalized spacial score (nSPS) is 18.9. The number of carboxylic acid groups (broad SMARTS) is 1. The van der Waals surface area contributed by atoms with Crippen LogP contribution in [0.5, 0.6) is 0 Å². The Hall–Kier alpha value is -1.69. The van der Waals surface area contributed by atoms with Crippen molar-refractivity contribution in [1.29, 1.82) is 0 Å². The number of thiophene rings is 1. The van der Waals surface area contributed by atoms with Crippen molar-refractivity contribution in [3.05, 3.63) is 16.3 Å².